The van der Waals surface area contributed by atoms with E-state index >= 15 is 0 Å². The zero-order valence-electron chi connectivity index (χ0n) is 14.0. The van der Waals surface area contributed by atoms with Crippen LogP contribution in [0.3, 0.4) is 0 Å². The van der Waals surface area contributed by atoms with Crippen molar-refractivity contribution in [1.82, 2.24) is 14.7 Å². The second-order valence-electron chi connectivity index (χ2n) is 6.35. The van der Waals surface area contributed by atoms with Crippen LogP contribution in [-0.2, 0) is 0 Å². The highest BCUT2D eigenvalue weighted by molar-refractivity contribution is 5.92. The molecule has 1 heterocycles. The second-order valence-corrected chi connectivity index (χ2v) is 6.35. The van der Waals surface area contributed by atoms with Crippen LogP contribution in [0.4, 0.5) is 4.39 Å². The van der Waals surface area contributed by atoms with Crippen molar-refractivity contribution in [3.8, 4) is 5.69 Å². The van der Waals surface area contributed by atoms with Crippen LogP contribution < -0.4 is 0 Å². The van der Waals surface area contributed by atoms with Crippen molar-refractivity contribution in [2.75, 3.05) is 26.8 Å². The van der Waals surface area contributed by atoms with Gasteiger partial charge in [-0.15, -0.1) is 0 Å². The Morgan fingerprint density at radius 2 is 1.88 bits per heavy atom. The highest BCUT2D eigenvalue weighted by Gasteiger charge is 2.28. The summed E-state index contributed by atoms with van der Waals surface area (Å²) in [5, 5.41) is 23.0. The monoisotopic (exact) mass is 335 g/mol. The SMILES string of the molecule is Cc1cc(C(=O)N(C)CC(C)(CO)CO)nn1-c1ccc(F)cc1. The molecule has 2 aromatic rings. The molecule has 2 rings (SSSR count). The predicted molar refractivity (Wildman–Crippen MR) is 87.5 cm³/mol. The number of rotatable bonds is 6. The van der Waals surface area contributed by atoms with Crippen molar-refractivity contribution in [1.29, 1.82) is 0 Å². The van der Waals surface area contributed by atoms with E-state index in [0.717, 1.165) is 5.69 Å². The molecule has 2 N–H and O–H groups in total. The summed E-state index contributed by atoms with van der Waals surface area (Å²) in [6.07, 6.45) is 0. The van der Waals surface area contributed by atoms with E-state index in [1.54, 1.807) is 43.8 Å². The number of nitrogens with zero attached hydrogens (tertiary/aromatic N) is 3. The third-order valence-electron chi connectivity index (χ3n) is 3.91. The minimum absolute atomic E-state index is 0.196. The van der Waals surface area contributed by atoms with Crippen molar-refractivity contribution in [3.63, 3.8) is 0 Å². The number of aromatic nitrogens is 2. The summed E-state index contributed by atoms with van der Waals surface area (Å²) in [6.45, 7) is 3.23. The van der Waals surface area contributed by atoms with Crippen LogP contribution in [-0.4, -0.2) is 57.6 Å². The minimum atomic E-state index is -0.779. The Kier molecular flexibility index (Phi) is 5.36. The molecule has 0 aliphatic carbocycles. The first-order chi connectivity index (χ1) is 11.3. The van der Waals surface area contributed by atoms with E-state index in [9.17, 15) is 19.4 Å². The molecule has 1 amide bonds. The first-order valence-corrected chi connectivity index (χ1v) is 7.59. The lowest BCUT2D eigenvalue weighted by atomic mass is 9.92. The molecular formula is C17H22FN3O3. The molecular weight excluding hydrogens is 313 g/mol. The number of aliphatic hydroxyl groups excluding tert-OH is 2. The number of carbonyl (C=O) groups is 1. The van der Waals surface area contributed by atoms with Gasteiger partial charge >= 0.3 is 0 Å². The molecule has 130 valence electrons. The van der Waals surface area contributed by atoms with Gasteiger partial charge in [-0.3, -0.25) is 4.79 Å². The molecule has 1 aromatic heterocycles. The van der Waals surface area contributed by atoms with E-state index in [1.165, 1.54) is 17.0 Å². The minimum Gasteiger partial charge on any atom is -0.396 e. The zero-order valence-corrected chi connectivity index (χ0v) is 14.0. The summed E-state index contributed by atoms with van der Waals surface area (Å²) in [5.41, 5.74) is 0.869. The van der Waals surface area contributed by atoms with E-state index in [0.29, 0.717) is 5.69 Å². The predicted octanol–water partition coefficient (Wildman–Crippen LogP) is 1.38. The number of carbonyl (C=O) groups excluding carboxylic acids is 1. The lowest BCUT2D eigenvalue weighted by Crippen LogP contribution is -2.41. The number of hydrogen-bond acceptors (Lipinski definition) is 4. The fourth-order valence-corrected chi connectivity index (χ4v) is 2.41. The van der Waals surface area contributed by atoms with Gasteiger partial charge in [0.2, 0.25) is 0 Å². The Hall–Kier alpha value is -2.25. The summed E-state index contributed by atoms with van der Waals surface area (Å²) < 4.78 is 14.6. The average Bonchev–Trinajstić information content (AvgIpc) is 2.96. The summed E-state index contributed by atoms with van der Waals surface area (Å²) in [6, 6.07) is 7.48. The van der Waals surface area contributed by atoms with Gasteiger partial charge in [-0.25, -0.2) is 9.07 Å². The summed E-state index contributed by atoms with van der Waals surface area (Å²) in [7, 11) is 1.60. The molecule has 6 nitrogen and oxygen atoms in total. The van der Waals surface area contributed by atoms with E-state index in [4.69, 9.17) is 0 Å². The maximum Gasteiger partial charge on any atom is 0.274 e. The first kappa shape index (κ1) is 18.1. The van der Waals surface area contributed by atoms with Crippen molar-refractivity contribution < 1.29 is 19.4 Å². The summed E-state index contributed by atoms with van der Waals surface area (Å²) >= 11 is 0. The molecule has 24 heavy (non-hydrogen) atoms. The molecule has 0 fully saturated rings. The molecule has 0 aliphatic heterocycles. The van der Waals surface area contributed by atoms with Crippen LogP contribution >= 0.6 is 0 Å². The van der Waals surface area contributed by atoms with Gasteiger partial charge in [0.1, 0.15) is 5.82 Å². The Morgan fingerprint density at radius 3 is 2.42 bits per heavy atom. The highest BCUT2D eigenvalue weighted by Crippen LogP contribution is 2.18. The van der Waals surface area contributed by atoms with Gasteiger partial charge in [-0.1, -0.05) is 6.92 Å². The topological polar surface area (TPSA) is 78.6 Å². The van der Waals surface area contributed by atoms with Crippen LogP contribution in [0.15, 0.2) is 30.3 Å². The van der Waals surface area contributed by atoms with Gasteiger partial charge in [0.25, 0.3) is 5.91 Å². The van der Waals surface area contributed by atoms with Gasteiger partial charge in [0, 0.05) is 24.7 Å². The number of hydrogen-bond donors (Lipinski definition) is 2. The third kappa shape index (κ3) is 3.80. The smallest absolute Gasteiger partial charge is 0.274 e. The van der Waals surface area contributed by atoms with E-state index in [1.807, 2.05) is 0 Å². The van der Waals surface area contributed by atoms with Crippen LogP contribution in [0.25, 0.3) is 5.69 Å². The van der Waals surface area contributed by atoms with Gasteiger partial charge < -0.3 is 15.1 Å². The molecule has 0 spiro atoms. The molecule has 0 unspecified atom stereocenters. The lowest BCUT2D eigenvalue weighted by Gasteiger charge is -2.29. The Labute approximate surface area is 140 Å². The maximum absolute atomic E-state index is 13.0. The molecule has 0 saturated carbocycles. The quantitative estimate of drug-likeness (QED) is 0.836. The average molecular weight is 335 g/mol. The molecule has 0 radical (unpaired) electrons. The van der Waals surface area contributed by atoms with Crippen molar-refractivity contribution >= 4 is 5.91 Å². The van der Waals surface area contributed by atoms with Crippen LogP contribution in [0, 0.1) is 18.2 Å². The molecule has 0 bridgehead atoms. The fraction of sp³-hybridized carbons (Fsp3) is 0.412. The largest absolute Gasteiger partial charge is 0.396 e. The van der Waals surface area contributed by atoms with E-state index in [-0.39, 0.29) is 37.2 Å². The first-order valence-electron chi connectivity index (χ1n) is 7.59. The summed E-state index contributed by atoms with van der Waals surface area (Å²) in [5.74, 6) is -0.654. The van der Waals surface area contributed by atoms with E-state index in [2.05, 4.69) is 5.10 Å². The summed E-state index contributed by atoms with van der Waals surface area (Å²) in [4.78, 5) is 14.0. The number of halogens is 1. The standard InChI is InChI=1S/C17H22FN3O3/c1-12-8-15(16(24)20(3)9-17(2,10-22)11-23)19-21(12)14-6-4-13(18)5-7-14/h4-8,22-23H,9-11H2,1-3H3. The lowest BCUT2D eigenvalue weighted by molar-refractivity contribution is 0.0363. The zero-order chi connectivity index (χ0) is 17.9. The van der Waals surface area contributed by atoms with Crippen LogP contribution in [0.1, 0.15) is 23.1 Å². The number of aliphatic hydroxyl groups is 2. The van der Waals surface area contributed by atoms with E-state index < -0.39 is 5.41 Å². The Bertz CT molecular complexity index is 708. The number of benzene rings is 1. The van der Waals surface area contributed by atoms with Crippen molar-refractivity contribution in [2.45, 2.75) is 13.8 Å². The third-order valence-corrected chi connectivity index (χ3v) is 3.91. The molecule has 0 saturated heterocycles. The van der Waals surface area contributed by atoms with Crippen molar-refractivity contribution in [3.05, 3.63) is 47.5 Å². The van der Waals surface area contributed by atoms with Gasteiger partial charge in [0.15, 0.2) is 5.69 Å². The van der Waals surface area contributed by atoms with Gasteiger partial charge in [-0.05, 0) is 37.3 Å². The van der Waals surface area contributed by atoms with Gasteiger partial charge in [-0.2, -0.15) is 5.10 Å². The maximum atomic E-state index is 13.0. The molecule has 0 atom stereocenters. The normalized spacial score (nSPS) is 11.6. The number of aryl methyl sites for hydroxylation is 1. The second kappa shape index (κ2) is 7.11. The Morgan fingerprint density at radius 1 is 1.29 bits per heavy atom. The Balaban J connectivity index is 2.22. The molecule has 7 heteroatoms. The van der Waals surface area contributed by atoms with Crippen LogP contribution in [0.5, 0.6) is 0 Å². The van der Waals surface area contributed by atoms with Crippen LogP contribution in [0.2, 0.25) is 0 Å². The number of amides is 1. The highest BCUT2D eigenvalue weighted by atomic mass is 19.1. The molecule has 0 aliphatic rings. The van der Waals surface area contributed by atoms with Crippen molar-refractivity contribution in [2.24, 2.45) is 5.41 Å². The fourth-order valence-electron chi connectivity index (χ4n) is 2.41. The van der Waals surface area contributed by atoms with Gasteiger partial charge in [0.05, 0.1) is 18.9 Å². The molecule has 1 aromatic carbocycles.